The summed E-state index contributed by atoms with van der Waals surface area (Å²) in [5.41, 5.74) is 4.43. The summed E-state index contributed by atoms with van der Waals surface area (Å²) in [6.45, 7) is 1.21. The molecular formula is C10H9F6N. The first-order chi connectivity index (χ1) is 7.57. The van der Waals surface area contributed by atoms with Crippen molar-refractivity contribution in [2.45, 2.75) is 25.1 Å². The van der Waals surface area contributed by atoms with E-state index in [1.54, 1.807) is 0 Å². The van der Waals surface area contributed by atoms with Gasteiger partial charge in [0.1, 0.15) is 11.9 Å². The van der Waals surface area contributed by atoms with Crippen LogP contribution in [0.1, 0.15) is 17.2 Å². The van der Waals surface area contributed by atoms with Crippen molar-refractivity contribution >= 4 is 0 Å². The Morgan fingerprint density at radius 3 is 2.06 bits per heavy atom. The van der Waals surface area contributed by atoms with Crippen molar-refractivity contribution in [3.05, 3.63) is 35.1 Å². The van der Waals surface area contributed by atoms with Crippen molar-refractivity contribution in [2.24, 2.45) is 5.73 Å². The average molecular weight is 257 g/mol. The molecule has 1 aromatic carbocycles. The summed E-state index contributed by atoms with van der Waals surface area (Å²) in [6.07, 6.45) is -5.74. The summed E-state index contributed by atoms with van der Waals surface area (Å²) < 4.78 is 74.8. The molecule has 2 N–H and O–H groups in total. The van der Waals surface area contributed by atoms with E-state index in [2.05, 4.69) is 0 Å². The first kappa shape index (κ1) is 13.8. The Kier molecular flexibility index (Phi) is 3.42. The van der Waals surface area contributed by atoms with Crippen LogP contribution in [-0.2, 0) is 0 Å². The van der Waals surface area contributed by atoms with Crippen molar-refractivity contribution in [1.82, 2.24) is 0 Å². The van der Waals surface area contributed by atoms with Crippen LogP contribution >= 0.6 is 0 Å². The van der Waals surface area contributed by atoms with E-state index in [4.69, 9.17) is 5.73 Å². The van der Waals surface area contributed by atoms with Crippen LogP contribution in [0, 0.1) is 12.7 Å². The third kappa shape index (κ3) is 2.54. The number of hydrogen-bond acceptors (Lipinski definition) is 1. The SMILES string of the molecule is Cc1cc(F)ccc1[C@H](N)C(F)(F)C(F)(F)F. The Morgan fingerprint density at radius 1 is 1.12 bits per heavy atom. The van der Waals surface area contributed by atoms with Gasteiger partial charge in [-0.2, -0.15) is 22.0 Å². The molecule has 1 nitrogen and oxygen atoms in total. The summed E-state index contributed by atoms with van der Waals surface area (Å²) in [7, 11) is 0. The zero-order chi connectivity index (χ0) is 13.4. The molecular weight excluding hydrogens is 248 g/mol. The number of hydrogen-bond donors (Lipinski definition) is 1. The smallest absolute Gasteiger partial charge is 0.319 e. The number of rotatable bonds is 2. The van der Waals surface area contributed by atoms with Crippen molar-refractivity contribution < 1.29 is 26.3 Å². The fourth-order valence-electron chi connectivity index (χ4n) is 1.36. The Hall–Kier alpha value is -1.24. The summed E-state index contributed by atoms with van der Waals surface area (Å²) in [5, 5.41) is 0. The number of benzene rings is 1. The molecule has 0 radical (unpaired) electrons. The molecule has 0 bridgehead atoms. The van der Waals surface area contributed by atoms with Gasteiger partial charge in [-0.1, -0.05) is 6.07 Å². The van der Waals surface area contributed by atoms with Gasteiger partial charge in [0, 0.05) is 0 Å². The van der Waals surface area contributed by atoms with E-state index in [-0.39, 0.29) is 5.56 Å². The standard InChI is InChI=1S/C10H9F6N/c1-5-4-6(11)2-3-7(5)8(17)9(12,13)10(14,15)16/h2-4,8H,17H2,1H3/t8-/m0/s1. The molecule has 0 aliphatic heterocycles. The maximum absolute atomic E-state index is 12.9. The molecule has 1 aromatic rings. The van der Waals surface area contributed by atoms with Gasteiger partial charge in [0.2, 0.25) is 0 Å². The number of aryl methyl sites for hydroxylation is 1. The average Bonchev–Trinajstić information content (AvgIpc) is 2.14. The van der Waals surface area contributed by atoms with Gasteiger partial charge in [0.25, 0.3) is 0 Å². The number of halogens is 6. The molecule has 0 spiro atoms. The molecule has 1 rings (SSSR count). The lowest BCUT2D eigenvalue weighted by atomic mass is 9.96. The molecule has 0 aliphatic rings. The largest absolute Gasteiger partial charge is 0.455 e. The van der Waals surface area contributed by atoms with Crippen LogP contribution in [0.4, 0.5) is 26.3 Å². The van der Waals surface area contributed by atoms with Gasteiger partial charge >= 0.3 is 12.1 Å². The second-order valence-electron chi connectivity index (χ2n) is 3.60. The third-order valence-corrected chi connectivity index (χ3v) is 2.34. The predicted octanol–water partition coefficient (Wildman–Crippen LogP) is 3.33. The molecule has 7 heteroatoms. The molecule has 0 aliphatic carbocycles. The molecule has 96 valence electrons. The maximum Gasteiger partial charge on any atom is 0.455 e. The monoisotopic (exact) mass is 257 g/mol. The lowest BCUT2D eigenvalue weighted by Crippen LogP contribution is -2.46. The summed E-state index contributed by atoms with van der Waals surface area (Å²) >= 11 is 0. The molecule has 0 aromatic heterocycles. The van der Waals surface area contributed by atoms with Gasteiger partial charge in [-0.25, -0.2) is 4.39 Å². The fraction of sp³-hybridized carbons (Fsp3) is 0.400. The summed E-state index contributed by atoms with van der Waals surface area (Å²) in [6, 6.07) is -0.0891. The highest BCUT2D eigenvalue weighted by Gasteiger charge is 2.61. The van der Waals surface area contributed by atoms with Crippen LogP contribution in [0.2, 0.25) is 0 Å². The van der Waals surface area contributed by atoms with Crippen LogP contribution in [0.5, 0.6) is 0 Å². The first-order valence-corrected chi connectivity index (χ1v) is 4.53. The minimum Gasteiger partial charge on any atom is -0.319 e. The molecule has 0 unspecified atom stereocenters. The molecule has 0 fully saturated rings. The van der Waals surface area contributed by atoms with Crippen molar-refractivity contribution in [3.63, 3.8) is 0 Å². The predicted molar refractivity (Wildman–Crippen MR) is 49.1 cm³/mol. The van der Waals surface area contributed by atoms with Crippen molar-refractivity contribution in [3.8, 4) is 0 Å². The molecule has 0 saturated carbocycles. The fourth-order valence-corrected chi connectivity index (χ4v) is 1.36. The minimum atomic E-state index is -5.74. The topological polar surface area (TPSA) is 26.0 Å². The van der Waals surface area contributed by atoms with Gasteiger partial charge in [0.15, 0.2) is 0 Å². The number of nitrogens with two attached hydrogens (primary N) is 1. The summed E-state index contributed by atoms with van der Waals surface area (Å²) in [4.78, 5) is 0. The van der Waals surface area contributed by atoms with E-state index in [9.17, 15) is 26.3 Å². The molecule has 1 atom stereocenters. The van der Waals surface area contributed by atoms with E-state index < -0.39 is 29.5 Å². The van der Waals surface area contributed by atoms with Crippen molar-refractivity contribution in [2.75, 3.05) is 0 Å². The quantitative estimate of drug-likeness (QED) is 0.808. The lowest BCUT2D eigenvalue weighted by molar-refractivity contribution is -0.291. The molecule has 0 saturated heterocycles. The summed E-state index contributed by atoms with van der Waals surface area (Å²) in [5.74, 6) is -5.79. The van der Waals surface area contributed by atoms with Crippen molar-refractivity contribution in [1.29, 1.82) is 0 Å². The van der Waals surface area contributed by atoms with E-state index in [1.807, 2.05) is 0 Å². The van der Waals surface area contributed by atoms with E-state index in [0.29, 0.717) is 0 Å². The van der Waals surface area contributed by atoms with Gasteiger partial charge in [-0.05, 0) is 30.2 Å². The highest BCUT2D eigenvalue weighted by atomic mass is 19.4. The highest BCUT2D eigenvalue weighted by molar-refractivity contribution is 5.31. The second-order valence-corrected chi connectivity index (χ2v) is 3.60. The Balaban J connectivity index is 3.17. The van der Waals surface area contributed by atoms with Gasteiger partial charge < -0.3 is 5.73 Å². The first-order valence-electron chi connectivity index (χ1n) is 4.53. The van der Waals surface area contributed by atoms with Gasteiger partial charge in [0.05, 0.1) is 0 Å². The van der Waals surface area contributed by atoms with E-state index in [1.165, 1.54) is 6.92 Å². The molecule has 0 heterocycles. The maximum atomic E-state index is 12.9. The Labute approximate surface area is 93.2 Å². The van der Waals surface area contributed by atoms with E-state index in [0.717, 1.165) is 18.2 Å². The molecule has 17 heavy (non-hydrogen) atoms. The van der Waals surface area contributed by atoms with Crippen LogP contribution < -0.4 is 5.73 Å². The third-order valence-electron chi connectivity index (χ3n) is 2.34. The zero-order valence-electron chi connectivity index (χ0n) is 8.65. The normalized spacial score (nSPS) is 14.8. The van der Waals surface area contributed by atoms with Crippen LogP contribution in [0.3, 0.4) is 0 Å². The van der Waals surface area contributed by atoms with Crippen LogP contribution in [0.15, 0.2) is 18.2 Å². The molecule has 0 amide bonds. The van der Waals surface area contributed by atoms with Gasteiger partial charge in [-0.3, -0.25) is 0 Å². The minimum absolute atomic E-state index is 0.0542. The lowest BCUT2D eigenvalue weighted by Gasteiger charge is -2.26. The Morgan fingerprint density at radius 2 is 1.65 bits per heavy atom. The zero-order valence-corrected chi connectivity index (χ0v) is 8.65. The highest BCUT2D eigenvalue weighted by Crippen LogP contribution is 2.43. The number of alkyl halides is 5. The van der Waals surface area contributed by atoms with E-state index >= 15 is 0 Å². The van der Waals surface area contributed by atoms with Gasteiger partial charge in [-0.15, -0.1) is 0 Å². The van der Waals surface area contributed by atoms with Crippen LogP contribution in [-0.4, -0.2) is 12.1 Å². The Bertz CT molecular complexity index is 412. The second kappa shape index (κ2) is 4.21. The van der Waals surface area contributed by atoms with Crippen LogP contribution in [0.25, 0.3) is 0 Å².